The van der Waals surface area contributed by atoms with Crippen molar-refractivity contribution in [2.45, 2.75) is 37.2 Å². The first-order valence-corrected chi connectivity index (χ1v) is 10.8. The van der Waals surface area contributed by atoms with Crippen molar-refractivity contribution in [2.75, 3.05) is 26.3 Å². The molecule has 3 heterocycles. The molecule has 4 rings (SSSR count). The second kappa shape index (κ2) is 7.92. The molecule has 1 saturated heterocycles. The van der Waals surface area contributed by atoms with Gasteiger partial charge >= 0.3 is 0 Å². The maximum atomic E-state index is 13.0. The predicted molar refractivity (Wildman–Crippen MR) is 101 cm³/mol. The van der Waals surface area contributed by atoms with E-state index in [0.717, 1.165) is 6.42 Å². The molecule has 0 radical (unpaired) electrons. The normalized spacial score (nSPS) is 18.5. The fourth-order valence-corrected chi connectivity index (χ4v) is 4.80. The smallest absolute Gasteiger partial charge is 0.243 e. The summed E-state index contributed by atoms with van der Waals surface area (Å²) in [7, 11) is -3.59. The summed E-state index contributed by atoms with van der Waals surface area (Å²) in [6, 6.07) is 6.52. The van der Waals surface area contributed by atoms with Crippen molar-refractivity contribution in [1.82, 2.24) is 14.3 Å². The van der Waals surface area contributed by atoms with Crippen LogP contribution in [-0.2, 0) is 10.0 Å². The van der Waals surface area contributed by atoms with Gasteiger partial charge in [0, 0.05) is 37.8 Å². The molecule has 2 aliphatic heterocycles. The summed E-state index contributed by atoms with van der Waals surface area (Å²) in [6.07, 6.45) is 3.57. The van der Waals surface area contributed by atoms with Gasteiger partial charge in [0.15, 0.2) is 11.5 Å². The lowest BCUT2D eigenvalue weighted by molar-refractivity contribution is 0.129. The summed E-state index contributed by atoms with van der Waals surface area (Å²) in [6.45, 7) is 3.68. The van der Waals surface area contributed by atoms with Gasteiger partial charge in [-0.05, 0) is 31.9 Å². The van der Waals surface area contributed by atoms with Crippen LogP contribution in [0.25, 0.3) is 0 Å². The lowest BCUT2D eigenvalue weighted by Gasteiger charge is -2.31. The molecule has 150 valence electrons. The Kier molecular flexibility index (Phi) is 5.36. The number of piperidine rings is 1. The number of aryl methyl sites for hydroxylation is 1. The van der Waals surface area contributed by atoms with Crippen LogP contribution >= 0.6 is 0 Å². The maximum absolute atomic E-state index is 13.0. The minimum Gasteiger partial charge on any atom is -0.490 e. The Balaban J connectivity index is 1.43. The molecule has 0 amide bonds. The Morgan fingerprint density at radius 2 is 1.86 bits per heavy atom. The first-order valence-electron chi connectivity index (χ1n) is 9.38. The second-order valence-electron chi connectivity index (χ2n) is 6.82. The van der Waals surface area contributed by atoms with Gasteiger partial charge < -0.3 is 14.2 Å². The highest BCUT2D eigenvalue weighted by molar-refractivity contribution is 7.89. The van der Waals surface area contributed by atoms with Gasteiger partial charge in [0.2, 0.25) is 15.9 Å². The van der Waals surface area contributed by atoms with Crippen LogP contribution in [0.2, 0.25) is 0 Å². The van der Waals surface area contributed by atoms with E-state index in [9.17, 15) is 8.42 Å². The summed E-state index contributed by atoms with van der Waals surface area (Å²) in [5.74, 6) is 2.24. The molecule has 8 nitrogen and oxygen atoms in total. The van der Waals surface area contributed by atoms with Crippen LogP contribution in [-0.4, -0.2) is 55.1 Å². The Hall–Kier alpha value is -2.39. The Labute approximate surface area is 164 Å². The minimum absolute atomic E-state index is 0.0653. The van der Waals surface area contributed by atoms with Crippen LogP contribution in [0.15, 0.2) is 35.4 Å². The monoisotopic (exact) mass is 405 g/mol. The van der Waals surface area contributed by atoms with Gasteiger partial charge in [-0.2, -0.15) is 9.29 Å². The van der Waals surface area contributed by atoms with Crippen LogP contribution in [0, 0.1) is 6.92 Å². The topological polar surface area (TPSA) is 90.9 Å². The number of benzene rings is 1. The zero-order chi connectivity index (χ0) is 19.6. The van der Waals surface area contributed by atoms with E-state index in [1.165, 1.54) is 4.31 Å². The number of hydrogen-bond donors (Lipinski definition) is 0. The van der Waals surface area contributed by atoms with Gasteiger partial charge in [-0.25, -0.2) is 13.4 Å². The third-order valence-corrected chi connectivity index (χ3v) is 6.69. The minimum atomic E-state index is -3.59. The number of ether oxygens (including phenoxy) is 3. The third kappa shape index (κ3) is 4.05. The number of sulfonamides is 1. The van der Waals surface area contributed by atoms with Crippen LogP contribution in [0.5, 0.6) is 17.4 Å². The molecule has 0 spiro atoms. The molecule has 2 aliphatic rings. The second-order valence-corrected chi connectivity index (χ2v) is 8.76. The largest absolute Gasteiger partial charge is 0.490 e. The number of hydrogen-bond acceptors (Lipinski definition) is 7. The van der Waals surface area contributed by atoms with Gasteiger partial charge in [0.05, 0.1) is 18.1 Å². The molecule has 1 aromatic heterocycles. The summed E-state index contributed by atoms with van der Waals surface area (Å²) < 4.78 is 44.7. The summed E-state index contributed by atoms with van der Waals surface area (Å²) in [5.41, 5.74) is 0. The number of rotatable bonds is 4. The molecule has 0 bridgehead atoms. The van der Waals surface area contributed by atoms with Crippen LogP contribution in [0.4, 0.5) is 0 Å². The molecule has 0 atom stereocenters. The number of fused-ring (bicyclic) bond motifs is 1. The third-order valence-electron chi connectivity index (χ3n) is 4.80. The molecule has 28 heavy (non-hydrogen) atoms. The average Bonchev–Trinajstić information content (AvgIpc) is 2.93. The van der Waals surface area contributed by atoms with Crippen molar-refractivity contribution < 1.29 is 22.6 Å². The zero-order valence-corrected chi connectivity index (χ0v) is 16.5. The fraction of sp³-hybridized carbons (Fsp3) is 0.474. The molecular formula is C19H23N3O5S. The van der Waals surface area contributed by atoms with Gasteiger partial charge in [0.25, 0.3) is 0 Å². The summed E-state index contributed by atoms with van der Waals surface area (Å²) >= 11 is 0. The lowest BCUT2D eigenvalue weighted by Crippen LogP contribution is -2.41. The maximum Gasteiger partial charge on any atom is 0.243 e. The van der Waals surface area contributed by atoms with Crippen molar-refractivity contribution in [3.8, 4) is 17.4 Å². The van der Waals surface area contributed by atoms with Crippen molar-refractivity contribution in [1.29, 1.82) is 0 Å². The van der Waals surface area contributed by atoms with Crippen molar-refractivity contribution in [3.63, 3.8) is 0 Å². The van der Waals surface area contributed by atoms with Crippen LogP contribution in [0.3, 0.4) is 0 Å². The first kappa shape index (κ1) is 18.9. The highest BCUT2D eigenvalue weighted by Gasteiger charge is 2.31. The summed E-state index contributed by atoms with van der Waals surface area (Å²) in [4.78, 5) is 8.51. The average molecular weight is 405 g/mol. The Morgan fingerprint density at radius 3 is 2.61 bits per heavy atom. The molecule has 9 heteroatoms. The quantitative estimate of drug-likeness (QED) is 0.770. The van der Waals surface area contributed by atoms with E-state index in [1.807, 2.05) is 0 Å². The standard InChI is InChI=1S/C19H23N3O5S/c1-14-20-8-5-19(21-14)27-15-6-9-22(10-7-15)28(23,24)16-3-4-17-18(13-16)26-12-2-11-25-17/h3-5,8,13,15H,2,6-7,9-12H2,1H3. The molecule has 0 N–H and O–H groups in total. The van der Waals surface area contributed by atoms with Crippen LogP contribution < -0.4 is 14.2 Å². The summed E-state index contributed by atoms with van der Waals surface area (Å²) in [5, 5.41) is 0. The van der Waals surface area contributed by atoms with Gasteiger partial charge in [-0.3, -0.25) is 0 Å². The molecule has 1 fully saturated rings. The fourth-order valence-electron chi connectivity index (χ4n) is 3.31. The molecule has 1 aromatic carbocycles. The van der Waals surface area contributed by atoms with E-state index in [1.54, 1.807) is 37.4 Å². The van der Waals surface area contributed by atoms with Gasteiger partial charge in [-0.1, -0.05) is 0 Å². The SMILES string of the molecule is Cc1nccc(OC2CCN(S(=O)(=O)c3ccc4c(c3)OCCCO4)CC2)n1. The highest BCUT2D eigenvalue weighted by Crippen LogP contribution is 2.33. The van der Waals surface area contributed by atoms with Gasteiger partial charge in [0.1, 0.15) is 11.9 Å². The van der Waals surface area contributed by atoms with Gasteiger partial charge in [-0.15, -0.1) is 0 Å². The number of aromatic nitrogens is 2. The van der Waals surface area contributed by atoms with Crippen molar-refractivity contribution in [2.24, 2.45) is 0 Å². The first-order chi connectivity index (χ1) is 13.5. The van der Waals surface area contributed by atoms with E-state index in [2.05, 4.69) is 9.97 Å². The van der Waals surface area contributed by atoms with E-state index < -0.39 is 10.0 Å². The van der Waals surface area contributed by atoms with E-state index >= 15 is 0 Å². The molecule has 0 saturated carbocycles. The van der Waals surface area contributed by atoms with E-state index in [0.29, 0.717) is 62.3 Å². The van der Waals surface area contributed by atoms with E-state index in [4.69, 9.17) is 14.2 Å². The lowest BCUT2D eigenvalue weighted by atomic mass is 10.1. The Bertz CT molecular complexity index is 942. The predicted octanol–water partition coefficient (Wildman–Crippen LogP) is 2.18. The molecule has 2 aromatic rings. The highest BCUT2D eigenvalue weighted by atomic mass is 32.2. The Morgan fingerprint density at radius 1 is 1.11 bits per heavy atom. The molecule has 0 unspecified atom stereocenters. The van der Waals surface area contributed by atoms with Crippen LogP contribution in [0.1, 0.15) is 25.1 Å². The van der Waals surface area contributed by atoms with Crippen molar-refractivity contribution in [3.05, 3.63) is 36.3 Å². The van der Waals surface area contributed by atoms with Crippen molar-refractivity contribution >= 4 is 10.0 Å². The van der Waals surface area contributed by atoms with E-state index in [-0.39, 0.29) is 11.0 Å². The molecular weight excluding hydrogens is 382 g/mol. The zero-order valence-electron chi connectivity index (χ0n) is 15.7. The molecule has 0 aliphatic carbocycles. The number of nitrogens with zero attached hydrogens (tertiary/aromatic N) is 3.